The molecule has 2 aromatic rings. The summed E-state index contributed by atoms with van der Waals surface area (Å²) in [7, 11) is 0. The highest BCUT2D eigenvalue weighted by Crippen LogP contribution is 2.24. The Bertz CT molecular complexity index is 732. The van der Waals surface area contributed by atoms with Crippen molar-refractivity contribution in [1.82, 2.24) is 14.9 Å². The number of rotatable bonds is 6. The largest absolute Gasteiger partial charge is 0.481 e. The number of amides is 1. The Balaban J connectivity index is 1.57. The van der Waals surface area contributed by atoms with Crippen molar-refractivity contribution in [2.75, 3.05) is 13.1 Å². The number of pyridine rings is 1. The first-order chi connectivity index (χ1) is 12.1. The second kappa shape index (κ2) is 8.20. The van der Waals surface area contributed by atoms with Gasteiger partial charge in [-0.05, 0) is 37.3 Å². The summed E-state index contributed by atoms with van der Waals surface area (Å²) in [4.78, 5) is 33.9. The maximum absolute atomic E-state index is 12.6. The molecular formula is C18H21N3O3S. The van der Waals surface area contributed by atoms with Crippen molar-refractivity contribution in [2.24, 2.45) is 5.92 Å². The second-order valence-corrected chi connectivity index (χ2v) is 7.17. The zero-order chi connectivity index (χ0) is 17.6. The van der Waals surface area contributed by atoms with Gasteiger partial charge < -0.3 is 10.0 Å². The molecule has 1 amide bonds. The molecule has 2 aromatic heterocycles. The van der Waals surface area contributed by atoms with Crippen molar-refractivity contribution in [3.8, 4) is 10.7 Å². The van der Waals surface area contributed by atoms with Crippen LogP contribution in [0.4, 0.5) is 0 Å². The summed E-state index contributed by atoms with van der Waals surface area (Å²) >= 11 is 1.49. The molecule has 1 fully saturated rings. The Hall–Kier alpha value is -2.28. The van der Waals surface area contributed by atoms with Crippen LogP contribution in [-0.4, -0.2) is 44.9 Å². The molecule has 1 N–H and O–H groups in total. The number of carbonyl (C=O) groups is 2. The zero-order valence-corrected chi connectivity index (χ0v) is 14.7. The fourth-order valence-electron chi connectivity index (χ4n) is 3.12. The number of likely N-dealkylation sites (tertiary alicyclic amines) is 1. The van der Waals surface area contributed by atoms with Crippen molar-refractivity contribution in [1.29, 1.82) is 0 Å². The molecule has 132 valence electrons. The molecule has 1 atom stereocenters. The van der Waals surface area contributed by atoms with Crippen LogP contribution >= 0.6 is 11.3 Å². The molecule has 0 aliphatic carbocycles. The van der Waals surface area contributed by atoms with Gasteiger partial charge in [0.1, 0.15) is 5.01 Å². The SMILES string of the molecule is O=C(O)CCC1CCCN(C(=O)Cc2csc(-c3ccccn3)n2)C1. The van der Waals surface area contributed by atoms with Gasteiger partial charge >= 0.3 is 5.97 Å². The minimum atomic E-state index is -0.770. The predicted molar refractivity (Wildman–Crippen MR) is 95.2 cm³/mol. The van der Waals surface area contributed by atoms with E-state index in [4.69, 9.17) is 5.11 Å². The lowest BCUT2D eigenvalue weighted by Crippen LogP contribution is -2.40. The van der Waals surface area contributed by atoms with E-state index < -0.39 is 5.97 Å². The van der Waals surface area contributed by atoms with E-state index in [0.29, 0.717) is 13.0 Å². The van der Waals surface area contributed by atoms with Gasteiger partial charge in [-0.2, -0.15) is 0 Å². The van der Waals surface area contributed by atoms with E-state index in [9.17, 15) is 9.59 Å². The van der Waals surface area contributed by atoms with Crippen LogP contribution in [0.2, 0.25) is 0 Å². The summed E-state index contributed by atoms with van der Waals surface area (Å²) in [6, 6.07) is 5.68. The Morgan fingerprint density at radius 3 is 3.00 bits per heavy atom. The monoisotopic (exact) mass is 359 g/mol. The van der Waals surface area contributed by atoms with Crippen LogP contribution < -0.4 is 0 Å². The highest BCUT2D eigenvalue weighted by Gasteiger charge is 2.24. The lowest BCUT2D eigenvalue weighted by atomic mass is 9.93. The lowest BCUT2D eigenvalue weighted by Gasteiger charge is -2.32. The van der Waals surface area contributed by atoms with Crippen LogP contribution in [0.5, 0.6) is 0 Å². The molecule has 0 spiro atoms. The van der Waals surface area contributed by atoms with E-state index >= 15 is 0 Å². The minimum Gasteiger partial charge on any atom is -0.481 e. The molecule has 3 heterocycles. The smallest absolute Gasteiger partial charge is 0.303 e. The van der Waals surface area contributed by atoms with Gasteiger partial charge in [-0.3, -0.25) is 14.6 Å². The summed E-state index contributed by atoms with van der Waals surface area (Å²) in [5.74, 6) is -0.417. The van der Waals surface area contributed by atoms with E-state index in [2.05, 4.69) is 9.97 Å². The van der Waals surface area contributed by atoms with Gasteiger partial charge in [0.05, 0.1) is 17.8 Å². The fraction of sp³-hybridized carbons (Fsp3) is 0.444. The molecule has 0 aromatic carbocycles. The third-order valence-electron chi connectivity index (χ3n) is 4.41. The molecule has 0 bridgehead atoms. The first-order valence-corrected chi connectivity index (χ1v) is 9.35. The topological polar surface area (TPSA) is 83.4 Å². The minimum absolute atomic E-state index is 0.0675. The summed E-state index contributed by atoms with van der Waals surface area (Å²) in [6.07, 6.45) is 4.76. The standard InChI is InChI=1S/C18H21N3O3S/c22-16(21-9-3-4-13(11-21)6-7-17(23)24)10-14-12-25-18(20-14)15-5-1-2-8-19-15/h1-2,5,8,12-13H,3-4,6-7,9-11H2,(H,23,24). The molecule has 7 heteroatoms. The second-order valence-electron chi connectivity index (χ2n) is 6.32. The Labute approximate surface area is 150 Å². The summed E-state index contributed by atoms with van der Waals surface area (Å²) < 4.78 is 0. The van der Waals surface area contributed by atoms with Crippen molar-refractivity contribution < 1.29 is 14.7 Å². The molecule has 1 aliphatic rings. The number of carboxylic acid groups (broad SMARTS) is 1. The van der Waals surface area contributed by atoms with Gasteiger partial charge in [0.2, 0.25) is 5.91 Å². The van der Waals surface area contributed by atoms with Gasteiger partial charge in [-0.15, -0.1) is 11.3 Å². The average molecular weight is 359 g/mol. The van der Waals surface area contributed by atoms with E-state index in [1.165, 1.54) is 11.3 Å². The third-order valence-corrected chi connectivity index (χ3v) is 5.32. The molecule has 0 radical (unpaired) electrons. The van der Waals surface area contributed by atoms with Crippen molar-refractivity contribution in [2.45, 2.75) is 32.1 Å². The highest BCUT2D eigenvalue weighted by molar-refractivity contribution is 7.13. The lowest BCUT2D eigenvalue weighted by molar-refractivity contribution is -0.137. The maximum Gasteiger partial charge on any atom is 0.303 e. The van der Waals surface area contributed by atoms with E-state index in [0.717, 1.165) is 35.8 Å². The highest BCUT2D eigenvalue weighted by atomic mass is 32.1. The van der Waals surface area contributed by atoms with Crippen LogP contribution in [0.25, 0.3) is 10.7 Å². The van der Waals surface area contributed by atoms with Crippen molar-refractivity contribution in [3.63, 3.8) is 0 Å². The first-order valence-electron chi connectivity index (χ1n) is 8.47. The number of nitrogens with zero attached hydrogens (tertiary/aromatic N) is 3. The molecule has 1 aliphatic heterocycles. The number of piperidine rings is 1. The number of aromatic nitrogens is 2. The predicted octanol–water partition coefficient (Wildman–Crippen LogP) is 2.85. The molecule has 25 heavy (non-hydrogen) atoms. The number of hydrogen-bond acceptors (Lipinski definition) is 5. The molecule has 0 saturated carbocycles. The van der Waals surface area contributed by atoms with Gasteiger partial charge in [0.15, 0.2) is 0 Å². The van der Waals surface area contributed by atoms with Crippen LogP contribution in [0, 0.1) is 5.92 Å². The van der Waals surface area contributed by atoms with Gasteiger partial charge in [-0.25, -0.2) is 4.98 Å². The Kier molecular flexibility index (Phi) is 5.75. The number of carboxylic acids is 1. The van der Waals surface area contributed by atoms with E-state index in [1.54, 1.807) is 6.20 Å². The van der Waals surface area contributed by atoms with Gasteiger partial charge in [0.25, 0.3) is 0 Å². The van der Waals surface area contributed by atoms with Crippen LogP contribution in [-0.2, 0) is 16.0 Å². The fourth-order valence-corrected chi connectivity index (χ4v) is 3.91. The Morgan fingerprint density at radius 1 is 1.36 bits per heavy atom. The summed E-state index contributed by atoms with van der Waals surface area (Å²) in [5.41, 5.74) is 1.58. The van der Waals surface area contributed by atoms with Crippen LogP contribution in [0.1, 0.15) is 31.4 Å². The van der Waals surface area contributed by atoms with E-state index in [-0.39, 0.29) is 24.7 Å². The molecule has 1 unspecified atom stereocenters. The molecule has 6 nitrogen and oxygen atoms in total. The number of thiazole rings is 1. The Morgan fingerprint density at radius 2 is 2.24 bits per heavy atom. The number of carbonyl (C=O) groups excluding carboxylic acids is 1. The van der Waals surface area contributed by atoms with Gasteiger partial charge in [0, 0.05) is 31.1 Å². The first kappa shape index (κ1) is 17.5. The van der Waals surface area contributed by atoms with Crippen LogP contribution in [0.3, 0.4) is 0 Å². The molecule has 1 saturated heterocycles. The van der Waals surface area contributed by atoms with Crippen molar-refractivity contribution >= 4 is 23.2 Å². The average Bonchev–Trinajstić information content (AvgIpc) is 3.09. The number of hydrogen-bond donors (Lipinski definition) is 1. The zero-order valence-electron chi connectivity index (χ0n) is 13.9. The summed E-state index contributed by atoms with van der Waals surface area (Å²) in [6.45, 7) is 1.41. The van der Waals surface area contributed by atoms with Gasteiger partial charge in [-0.1, -0.05) is 6.07 Å². The normalized spacial score (nSPS) is 17.4. The summed E-state index contributed by atoms with van der Waals surface area (Å²) in [5, 5.41) is 11.5. The van der Waals surface area contributed by atoms with Crippen LogP contribution in [0.15, 0.2) is 29.8 Å². The van der Waals surface area contributed by atoms with Crippen molar-refractivity contribution in [3.05, 3.63) is 35.5 Å². The maximum atomic E-state index is 12.6. The number of aliphatic carboxylic acids is 1. The molecule has 3 rings (SSSR count). The third kappa shape index (κ3) is 4.85. The molecular weight excluding hydrogens is 338 g/mol. The van der Waals surface area contributed by atoms with E-state index in [1.807, 2.05) is 28.5 Å². The quantitative estimate of drug-likeness (QED) is 0.857.